The molecule has 1 aromatic heterocycles. The average Bonchev–Trinajstić information content (AvgIpc) is 2.81. The molecule has 0 bridgehead atoms. The lowest BCUT2D eigenvalue weighted by Gasteiger charge is -2.18. The van der Waals surface area contributed by atoms with Gasteiger partial charge >= 0.3 is 5.97 Å². The Kier molecular flexibility index (Phi) is 4.58. The molecule has 1 N–H and O–H groups in total. The lowest BCUT2D eigenvalue weighted by atomic mass is 9.88. The van der Waals surface area contributed by atoms with Crippen molar-refractivity contribution < 1.29 is 14.3 Å². The van der Waals surface area contributed by atoms with Crippen LogP contribution < -0.4 is 5.32 Å². The van der Waals surface area contributed by atoms with Crippen molar-refractivity contribution >= 4 is 23.2 Å². The molecule has 1 aromatic rings. The molecule has 1 heterocycles. The minimum absolute atomic E-state index is 0.0732. The summed E-state index contributed by atoms with van der Waals surface area (Å²) in [7, 11) is 1.35. The van der Waals surface area contributed by atoms with Gasteiger partial charge in [0.25, 0.3) is 5.91 Å². The number of thiophene rings is 1. The van der Waals surface area contributed by atoms with Gasteiger partial charge in [-0.1, -0.05) is 6.92 Å². The Balaban J connectivity index is 1.95. The quantitative estimate of drug-likeness (QED) is 0.861. The molecule has 1 aliphatic rings. The Morgan fingerprint density at radius 3 is 3.05 bits per heavy atom. The molecule has 0 unspecified atom stereocenters. The molecule has 1 amide bonds. The van der Waals surface area contributed by atoms with Crippen molar-refractivity contribution in [2.24, 2.45) is 5.92 Å². The van der Waals surface area contributed by atoms with E-state index in [4.69, 9.17) is 0 Å². The molecular formula is C14H19NO3S. The third-order valence-corrected chi connectivity index (χ3v) is 4.54. The van der Waals surface area contributed by atoms with E-state index in [1.807, 2.05) is 5.38 Å². The number of rotatable bonds is 4. The number of hydrogen-bond donors (Lipinski definition) is 1. The van der Waals surface area contributed by atoms with Crippen LogP contribution in [-0.2, 0) is 22.4 Å². The van der Waals surface area contributed by atoms with E-state index in [0.29, 0.717) is 12.5 Å². The molecule has 0 spiro atoms. The largest absolute Gasteiger partial charge is 0.469 e. The van der Waals surface area contributed by atoms with Crippen molar-refractivity contribution in [3.63, 3.8) is 0 Å². The normalized spacial score (nSPS) is 17.7. The number of fused-ring (bicyclic) bond motifs is 1. The van der Waals surface area contributed by atoms with Gasteiger partial charge in [0.05, 0.1) is 19.1 Å². The third kappa shape index (κ3) is 3.35. The fourth-order valence-electron chi connectivity index (χ4n) is 2.34. The summed E-state index contributed by atoms with van der Waals surface area (Å²) in [6.45, 7) is 2.57. The van der Waals surface area contributed by atoms with E-state index in [1.54, 1.807) is 11.3 Å². The summed E-state index contributed by atoms with van der Waals surface area (Å²) in [4.78, 5) is 24.4. The van der Waals surface area contributed by atoms with Crippen LogP contribution in [0.2, 0.25) is 0 Å². The van der Waals surface area contributed by atoms with Gasteiger partial charge in [0.15, 0.2) is 0 Å². The monoisotopic (exact) mass is 281 g/mol. The summed E-state index contributed by atoms with van der Waals surface area (Å²) in [5, 5.41) is 4.72. The standard InChI is InChI=1S/C14H19NO3S/c1-9-3-4-10-11(8-19-12(10)7-9)14(17)15-6-5-13(16)18-2/h8-9H,3-7H2,1-2H3,(H,15,17)/t9-/m1/s1. The number of ether oxygens (including phenoxy) is 1. The minimum Gasteiger partial charge on any atom is -0.469 e. The van der Waals surface area contributed by atoms with Gasteiger partial charge in [0.1, 0.15) is 0 Å². The molecule has 2 rings (SSSR count). The molecule has 1 aliphatic carbocycles. The van der Waals surface area contributed by atoms with Crippen molar-refractivity contribution in [1.29, 1.82) is 0 Å². The maximum atomic E-state index is 12.1. The fourth-order valence-corrected chi connectivity index (χ4v) is 3.59. The van der Waals surface area contributed by atoms with E-state index >= 15 is 0 Å². The van der Waals surface area contributed by atoms with Crippen molar-refractivity contribution in [2.45, 2.75) is 32.6 Å². The number of hydrogen-bond acceptors (Lipinski definition) is 4. The van der Waals surface area contributed by atoms with Gasteiger partial charge in [-0.15, -0.1) is 11.3 Å². The van der Waals surface area contributed by atoms with E-state index in [0.717, 1.165) is 24.8 Å². The van der Waals surface area contributed by atoms with Crippen molar-refractivity contribution in [2.75, 3.05) is 13.7 Å². The number of esters is 1. The van der Waals surface area contributed by atoms with Crippen LogP contribution in [0.25, 0.3) is 0 Å². The molecule has 0 aliphatic heterocycles. The van der Waals surface area contributed by atoms with Gasteiger partial charge in [-0.05, 0) is 30.7 Å². The Morgan fingerprint density at radius 2 is 2.32 bits per heavy atom. The average molecular weight is 281 g/mol. The zero-order chi connectivity index (χ0) is 13.8. The molecule has 104 valence electrons. The Hall–Kier alpha value is -1.36. The second-order valence-corrected chi connectivity index (χ2v) is 5.95. The molecule has 0 aromatic carbocycles. The first-order valence-electron chi connectivity index (χ1n) is 6.56. The van der Waals surface area contributed by atoms with Gasteiger partial charge in [0, 0.05) is 16.8 Å². The molecule has 1 atom stereocenters. The molecule has 0 radical (unpaired) electrons. The SMILES string of the molecule is COC(=O)CCNC(=O)c1csc2c1CC[C@@H](C)C2. The van der Waals surface area contributed by atoms with Crippen LogP contribution in [0.4, 0.5) is 0 Å². The summed E-state index contributed by atoms with van der Waals surface area (Å²) in [6, 6.07) is 0. The van der Waals surface area contributed by atoms with Gasteiger partial charge in [-0.25, -0.2) is 0 Å². The molecule has 19 heavy (non-hydrogen) atoms. The first kappa shape index (κ1) is 14.1. The molecule has 5 heteroatoms. The van der Waals surface area contributed by atoms with Crippen LogP contribution in [0.5, 0.6) is 0 Å². The number of nitrogens with one attached hydrogen (secondary N) is 1. The van der Waals surface area contributed by atoms with Crippen LogP contribution >= 0.6 is 11.3 Å². The second kappa shape index (κ2) is 6.19. The van der Waals surface area contributed by atoms with Crippen LogP contribution in [0.15, 0.2) is 5.38 Å². The van der Waals surface area contributed by atoms with Gasteiger partial charge < -0.3 is 10.1 Å². The predicted octanol–water partition coefficient (Wildman–Crippen LogP) is 2.17. The highest BCUT2D eigenvalue weighted by Crippen LogP contribution is 2.32. The molecule has 0 saturated heterocycles. The van der Waals surface area contributed by atoms with Crippen molar-refractivity contribution in [3.05, 3.63) is 21.4 Å². The molecule has 0 fully saturated rings. The highest BCUT2D eigenvalue weighted by molar-refractivity contribution is 7.10. The summed E-state index contributed by atoms with van der Waals surface area (Å²) < 4.78 is 4.54. The van der Waals surface area contributed by atoms with E-state index in [-0.39, 0.29) is 18.3 Å². The third-order valence-electron chi connectivity index (χ3n) is 3.49. The first-order valence-corrected chi connectivity index (χ1v) is 7.44. The fraction of sp³-hybridized carbons (Fsp3) is 0.571. The van der Waals surface area contributed by atoms with E-state index in [9.17, 15) is 9.59 Å². The van der Waals surface area contributed by atoms with E-state index < -0.39 is 0 Å². The smallest absolute Gasteiger partial charge is 0.307 e. The van der Waals surface area contributed by atoms with Gasteiger partial charge in [-0.3, -0.25) is 9.59 Å². The molecular weight excluding hydrogens is 262 g/mol. The summed E-state index contributed by atoms with van der Waals surface area (Å²) in [5.74, 6) is 0.332. The van der Waals surface area contributed by atoms with Gasteiger partial charge in [0.2, 0.25) is 0 Å². The maximum absolute atomic E-state index is 12.1. The molecule has 4 nitrogen and oxygen atoms in total. The van der Waals surface area contributed by atoms with Gasteiger partial charge in [-0.2, -0.15) is 0 Å². The van der Waals surface area contributed by atoms with Crippen LogP contribution in [0.3, 0.4) is 0 Å². The zero-order valence-corrected chi connectivity index (χ0v) is 12.1. The zero-order valence-electron chi connectivity index (χ0n) is 11.3. The van der Waals surface area contributed by atoms with Crippen LogP contribution in [-0.4, -0.2) is 25.5 Å². The Labute approximate surface area is 117 Å². The number of carbonyl (C=O) groups excluding carboxylic acids is 2. The first-order chi connectivity index (χ1) is 9.11. The summed E-state index contributed by atoms with van der Waals surface area (Å²) in [6.07, 6.45) is 3.42. The second-order valence-electron chi connectivity index (χ2n) is 4.98. The van der Waals surface area contributed by atoms with Crippen LogP contribution in [0.1, 0.15) is 40.6 Å². The lowest BCUT2D eigenvalue weighted by Crippen LogP contribution is -2.27. The summed E-state index contributed by atoms with van der Waals surface area (Å²) in [5.41, 5.74) is 2.00. The number of carbonyl (C=O) groups is 2. The maximum Gasteiger partial charge on any atom is 0.307 e. The highest BCUT2D eigenvalue weighted by atomic mass is 32.1. The number of amides is 1. The van der Waals surface area contributed by atoms with E-state index in [1.165, 1.54) is 17.6 Å². The minimum atomic E-state index is -0.304. The summed E-state index contributed by atoms with van der Waals surface area (Å²) >= 11 is 1.68. The predicted molar refractivity (Wildman–Crippen MR) is 74.5 cm³/mol. The Morgan fingerprint density at radius 1 is 1.53 bits per heavy atom. The highest BCUT2D eigenvalue weighted by Gasteiger charge is 2.22. The van der Waals surface area contributed by atoms with Crippen LogP contribution in [0, 0.1) is 5.92 Å². The topological polar surface area (TPSA) is 55.4 Å². The molecule has 0 saturated carbocycles. The lowest BCUT2D eigenvalue weighted by molar-refractivity contribution is -0.140. The van der Waals surface area contributed by atoms with E-state index in [2.05, 4.69) is 17.0 Å². The van der Waals surface area contributed by atoms with Crippen molar-refractivity contribution in [3.8, 4) is 0 Å². The van der Waals surface area contributed by atoms with Crippen molar-refractivity contribution in [1.82, 2.24) is 5.32 Å². The Bertz CT molecular complexity index is 481. The number of methoxy groups -OCH3 is 1.